The zero-order valence-corrected chi connectivity index (χ0v) is 15.0. The number of nitrogens with one attached hydrogen (secondary N) is 2. The highest BCUT2D eigenvalue weighted by Crippen LogP contribution is 2.49. The highest BCUT2D eigenvalue weighted by Gasteiger charge is 2.38. The van der Waals surface area contributed by atoms with Gasteiger partial charge in [-0.3, -0.25) is 4.79 Å². The second-order valence-electron chi connectivity index (χ2n) is 7.70. The molecule has 0 saturated heterocycles. The van der Waals surface area contributed by atoms with Crippen LogP contribution in [0.4, 0.5) is 4.79 Å². The van der Waals surface area contributed by atoms with E-state index in [1.807, 2.05) is 31.2 Å². The Balaban J connectivity index is 1.50. The number of carbonyl (C=O) groups is 2. The van der Waals surface area contributed by atoms with Gasteiger partial charge in [-0.05, 0) is 61.5 Å². The smallest absolute Gasteiger partial charge is 0.312 e. The molecule has 4 atom stereocenters. The summed E-state index contributed by atoms with van der Waals surface area (Å²) >= 11 is 0. The maximum Gasteiger partial charge on any atom is 0.312 e. The Morgan fingerprint density at radius 2 is 2.04 bits per heavy atom. The molecule has 5 nitrogen and oxygen atoms in total. The molecule has 5 heteroatoms. The third-order valence-electron chi connectivity index (χ3n) is 5.99. The van der Waals surface area contributed by atoms with E-state index in [1.165, 1.54) is 25.7 Å². The zero-order chi connectivity index (χ0) is 17.8. The molecule has 2 fully saturated rings. The Labute approximate surface area is 149 Å². The van der Waals surface area contributed by atoms with Crippen LogP contribution in [0.3, 0.4) is 0 Å². The second kappa shape index (κ2) is 7.89. The lowest BCUT2D eigenvalue weighted by Gasteiger charge is -2.22. The molecule has 3 rings (SSSR count). The number of fused-ring (bicyclic) bond motifs is 2. The highest BCUT2D eigenvalue weighted by molar-refractivity contribution is 5.78. The van der Waals surface area contributed by atoms with Crippen LogP contribution >= 0.6 is 0 Å². The summed E-state index contributed by atoms with van der Waals surface area (Å²) < 4.78 is 0. The van der Waals surface area contributed by atoms with E-state index >= 15 is 0 Å². The molecule has 2 aliphatic rings. The van der Waals surface area contributed by atoms with Crippen LogP contribution in [0.1, 0.15) is 55.7 Å². The summed E-state index contributed by atoms with van der Waals surface area (Å²) in [4.78, 5) is 23.7. The van der Waals surface area contributed by atoms with Gasteiger partial charge in [0.25, 0.3) is 0 Å². The number of urea groups is 1. The van der Waals surface area contributed by atoms with Gasteiger partial charge in [-0.1, -0.05) is 30.7 Å². The van der Waals surface area contributed by atoms with E-state index in [0.717, 1.165) is 41.8 Å². The number of hydrogen-bond acceptors (Lipinski definition) is 2. The maximum atomic E-state index is 12.3. The van der Waals surface area contributed by atoms with E-state index in [0.29, 0.717) is 0 Å². The van der Waals surface area contributed by atoms with Crippen molar-refractivity contribution in [3.8, 4) is 0 Å². The Morgan fingerprint density at radius 3 is 2.68 bits per heavy atom. The van der Waals surface area contributed by atoms with Crippen molar-refractivity contribution < 1.29 is 9.59 Å². The van der Waals surface area contributed by atoms with Gasteiger partial charge >= 0.3 is 6.03 Å². The van der Waals surface area contributed by atoms with Crippen molar-refractivity contribution in [2.24, 2.45) is 23.5 Å². The number of benzene rings is 1. The molecule has 0 radical (unpaired) electrons. The predicted molar refractivity (Wildman–Crippen MR) is 97.8 cm³/mol. The summed E-state index contributed by atoms with van der Waals surface area (Å²) in [5, 5.41) is 5.73. The minimum Gasteiger partial charge on any atom is -0.356 e. The summed E-state index contributed by atoms with van der Waals surface area (Å²) in [6.07, 6.45) is 6.81. The Kier molecular flexibility index (Phi) is 5.61. The molecule has 1 aromatic rings. The quantitative estimate of drug-likeness (QED) is 0.711. The number of nitrogens with two attached hydrogens (primary N) is 1. The van der Waals surface area contributed by atoms with Crippen molar-refractivity contribution in [2.75, 3.05) is 6.54 Å². The predicted octanol–water partition coefficient (Wildman–Crippen LogP) is 3.04. The van der Waals surface area contributed by atoms with Crippen molar-refractivity contribution in [1.29, 1.82) is 0 Å². The Bertz CT molecular complexity index is 631. The first-order chi connectivity index (χ1) is 12.0. The normalized spacial score (nSPS) is 25.6. The standard InChI is InChI=1S/C20H29N3O2/c1-13-4-2-3-5-17(13)18(23-20(21)25)12-19(24)22-9-8-16-11-14-6-7-15(16)10-14/h2-5,14-16,18H,6-12H2,1H3,(H,22,24)(H3,21,23,25). The van der Waals surface area contributed by atoms with E-state index in [1.54, 1.807) is 0 Å². The molecular formula is C20H29N3O2. The molecule has 0 spiro atoms. The number of amides is 3. The first-order valence-electron chi connectivity index (χ1n) is 9.41. The van der Waals surface area contributed by atoms with Gasteiger partial charge in [-0.25, -0.2) is 4.79 Å². The van der Waals surface area contributed by atoms with Gasteiger partial charge in [0, 0.05) is 6.54 Å². The van der Waals surface area contributed by atoms with E-state index in [-0.39, 0.29) is 18.4 Å². The average Bonchev–Trinajstić information content (AvgIpc) is 3.17. The van der Waals surface area contributed by atoms with Gasteiger partial charge in [0.15, 0.2) is 0 Å². The first kappa shape index (κ1) is 17.8. The van der Waals surface area contributed by atoms with Crippen LogP contribution in [0.5, 0.6) is 0 Å². The monoisotopic (exact) mass is 343 g/mol. The van der Waals surface area contributed by atoms with Crippen LogP contribution in [0.2, 0.25) is 0 Å². The van der Waals surface area contributed by atoms with Crippen molar-refractivity contribution in [3.05, 3.63) is 35.4 Å². The number of hydrogen-bond donors (Lipinski definition) is 3. The third-order valence-corrected chi connectivity index (χ3v) is 5.99. The van der Waals surface area contributed by atoms with E-state index in [9.17, 15) is 9.59 Å². The average molecular weight is 343 g/mol. The van der Waals surface area contributed by atoms with Gasteiger partial charge in [0.1, 0.15) is 0 Å². The van der Waals surface area contributed by atoms with Crippen molar-refractivity contribution >= 4 is 11.9 Å². The minimum absolute atomic E-state index is 0.0369. The summed E-state index contributed by atoms with van der Waals surface area (Å²) in [5.41, 5.74) is 7.27. The largest absolute Gasteiger partial charge is 0.356 e. The second-order valence-corrected chi connectivity index (χ2v) is 7.70. The molecule has 4 N–H and O–H groups in total. The zero-order valence-electron chi connectivity index (χ0n) is 15.0. The summed E-state index contributed by atoms with van der Waals surface area (Å²) in [5.74, 6) is 2.58. The molecule has 1 aromatic carbocycles. The van der Waals surface area contributed by atoms with E-state index in [4.69, 9.17) is 5.73 Å². The minimum atomic E-state index is -0.608. The van der Waals surface area contributed by atoms with Gasteiger partial charge in [0.05, 0.1) is 12.5 Å². The van der Waals surface area contributed by atoms with Crippen LogP contribution in [0.25, 0.3) is 0 Å². The number of rotatable bonds is 7. The van der Waals surface area contributed by atoms with Crippen LogP contribution in [-0.4, -0.2) is 18.5 Å². The summed E-state index contributed by atoms with van der Waals surface area (Å²) in [6, 6.07) is 6.75. The molecule has 3 amide bonds. The molecule has 0 heterocycles. The summed E-state index contributed by atoms with van der Waals surface area (Å²) in [6.45, 7) is 2.70. The van der Waals surface area contributed by atoms with Crippen LogP contribution in [0.15, 0.2) is 24.3 Å². The van der Waals surface area contributed by atoms with Crippen molar-refractivity contribution in [1.82, 2.24) is 10.6 Å². The van der Waals surface area contributed by atoms with Gasteiger partial charge in [-0.15, -0.1) is 0 Å². The fourth-order valence-electron chi connectivity index (χ4n) is 4.77. The third kappa shape index (κ3) is 4.53. The number of primary amides is 1. The highest BCUT2D eigenvalue weighted by atomic mass is 16.2. The lowest BCUT2D eigenvalue weighted by atomic mass is 9.86. The SMILES string of the molecule is Cc1ccccc1C(CC(=O)NCCC1CC2CCC1C2)NC(N)=O. The lowest BCUT2D eigenvalue weighted by Crippen LogP contribution is -2.37. The number of carbonyl (C=O) groups excluding carboxylic acids is 2. The molecule has 0 aromatic heterocycles. The topological polar surface area (TPSA) is 84.2 Å². The van der Waals surface area contributed by atoms with E-state index in [2.05, 4.69) is 10.6 Å². The lowest BCUT2D eigenvalue weighted by molar-refractivity contribution is -0.121. The Hall–Kier alpha value is -2.04. The van der Waals surface area contributed by atoms with Crippen LogP contribution < -0.4 is 16.4 Å². The molecule has 25 heavy (non-hydrogen) atoms. The molecule has 4 unspecified atom stereocenters. The van der Waals surface area contributed by atoms with Gasteiger partial charge in [-0.2, -0.15) is 0 Å². The number of aryl methyl sites for hydroxylation is 1. The molecule has 2 saturated carbocycles. The fraction of sp³-hybridized carbons (Fsp3) is 0.600. The molecule has 2 aliphatic carbocycles. The van der Waals surface area contributed by atoms with Crippen molar-refractivity contribution in [3.63, 3.8) is 0 Å². The molecule has 136 valence electrons. The first-order valence-corrected chi connectivity index (χ1v) is 9.41. The summed E-state index contributed by atoms with van der Waals surface area (Å²) in [7, 11) is 0. The van der Waals surface area contributed by atoms with Gasteiger partial charge in [0.2, 0.25) is 5.91 Å². The molecule has 0 aliphatic heterocycles. The van der Waals surface area contributed by atoms with E-state index < -0.39 is 6.03 Å². The van der Waals surface area contributed by atoms with Gasteiger partial charge < -0.3 is 16.4 Å². The Morgan fingerprint density at radius 1 is 1.24 bits per heavy atom. The van der Waals surface area contributed by atoms with Crippen molar-refractivity contribution in [2.45, 2.75) is 51.5 Å². The molecule has 2 bridgehead atoms. The maximum absolute atomic E-state index is 12.3. The molecular weight excluding hydrogens is 314 g/mol. The van der Waals surface area contributed by atoms with Crippen LogP contribution in [0, 0.1) is 24.7 Å². The van der Waals surface area contributed by atoms with Crippen LogP contribution in [-0.2, 0) is 4.79 Å². The fourth-order valence-corrected chi connectivity index (χ4v) is 4.77.